The Morgan fingerprint density at radius 3 is 2.20 bits per heavy atom. The van der Waals surface area contributed by atoms with E-state index in [2.05, 4.69) is 5.32 Å². The van der Waals surface area contributed by atoms with Crippen LogP contribution in [0.5, 0.6) is 0 Å². The highest BCUT2D eigenvalue weighted by molar-refractivity contribution is 7.92. The average Bonchev–Trinajstić information content (AvgIpc) is 3.51. The Labute approximate surface area is 277 Å². The molecule has 0 radical (unpaired) electrons. The maximum absolute atomic E-state index is 14.0. The lowest BCUT2D eigenvalue weighted by atomic mass is 10.0. The quantitative estimate of drug-likeness (QED) is 0.204. The largest absolute Gasteiger partial charge is 0.416 e. The molecule has 1 aliphatic carbocycles. The molecule has 2 amide bonds. The smallest absolute Gasteiger partial charge is 0.352 e. The standard InChI is InChI=1S/C33H36Cl2F3N3O4S/c1-46(44,45)41(26-15-7-12-24(21-26)33(36,37)38)19-9-18-31(42)40(22-27-28(34)16-8-17-29(27)35)30(20-23-10-3-2-4-11-23)32(43)39-25-13-5-6-14-25/h2-4,7-8,10-12,15-17,21,25,30H,5-6,9,13-14,18-20,22H2,1H3,(H,39,43). The first-order valence-corrected chi connectivity index (χ1v) is 17.6. The second-order valence-corrected chi connectivity index (χ2v) is 14.1. The number of carbonyl (C=O) groups excluding carboxylic acids is 2. The Morgan fingerprint density at radius 2 is 1.59 bits per heavy atom. The van der Waals surface area contributed by atoms with Crippen LogP contribution in [0.4, 0.5) is 18.9 Å². The number of hydrogen-bond acceptors (Lipinski definition) is 4. The van der Waals surface area contributed by atoms with E-state index in [1.54, 1.807) is 18.2 Å². The Kier molecular flexibility index (Phi) is 12.0. The minimum Gasteiger partial charge on any atom is -0.352 e. The van der Waals surface area contributed by atoms with Gasteiger partial charge in [-0.25, -0.2) is 8.42 Å². The lowest BCUT2D eigenvalue weighted by Crippen LogP contribution is -2.52. The van der Waals surface area contributed by atoms with E-state index < -0.39 is 33.7 Å². The first-order valence-electron chi connectivity index (χ1n) is 15.0. The van der Waals surface area contributed by atoms with Gasteiger partial charge in [0.2, 0.25) is 21.8 Å². The number of rotatable bonds is 13. The highest BCUT2D eigenvalue weighted by Gasteiger charge is 2.34. The summed E-state index contributed by atoms with van der Waals surface area (Å²) < 4.78 is 66.2. The van der Waals surface area contributed by atoms with Gasteiger partial charge in [-0.2, -0.15) is 13.2 Å². The molecule has 3 aromatic rings. The van der Waals surface area contributed by atoms with Crippen molar-refractivity contribution in [2.24, 2.45) is 0 Å². The molecule has 0 bridgehead atoms. The van der Waals surface area contributed by atoms with E-state index in [0.717, 1.165) is 60.0 Å². The predicted octanol–water partition coefficient (Wildman–Crippen LogP) is 7.26. The van der Waals surface area contributed by atoms with E-state index in [-0.39, 0.29) is 50.0 Å². The number of carbonyl (C=O) groups is 2. The van der Waals surface area contributed by atoms with Crippen molar-refractivity contribution in [2.75, 3.05) is 17.1 Å². The molecule has 4 rings (SSSR count). The molecular weight excluding hydrogens is 662 g/mol. The number of amides is 2. The van der Waals surface area contributed by atoms with Gasteiger partial charge in [0.05, 0.1) is 17.5 Å². The third kappa shape index (κ3) is 9.62. The Balaban J connectivity index is 1.63. The fourth-order valence-electron chi connectivity index (χ4n) is 5.62. The first-order chi connectivity index (χ1) is 21.7. The van der Waals surface area contributed by atoms with Gasteiger partial charge in [-0.1, -0.05) is 78.5 Å². The van der Waals surface area contributed by atoms with E-state index >= 15 is 0 Å². The number of nitrogens with one attached hydrogen (secondary N) is 1. The second-order valence-electron chi connectivity index (χ2n) is 11.4. The van der Waals surface area contributed by atoms with Crippen LogP contribution in [0.1, 0.15) is 55.2 Å². The number of halogens is 5. The van der Waals surface area contributed by atoms with Crippen LogP contribution in [0.15, 0.2) is 72.8 Å². The minimum absolute atomic E-state index is 0.0117. The van der Waals surface area contributed by atoms with E-state index in [0.29, 0.717) is 15.6 Å². The Hall–Kier alpha value is -3.28. The molecule has 0 saturated heterocycles. The van der Waals surface area contributed by atoms with Crippen molar-refractivity contribution in [2.45, 2.75) is 69.8 Å². The molecule has 3 aromatic carbocycles. The van der Waals surface area contributed by atoms with Crippen LogP contribution in [-0.2, 0) is 38.8 Å². The van der Waals surface area contributed by atoms with Gasteiger partial charge < -0.3 is 10.2 Å². The summed E-state index contributed by atoms with van der Waals surface area (Å²) in [7, 11) is -4.00. The topological polar surface area (TPSA) is 86.8 Å². The van der Waals surface area contributed by atoms with Crippen molar-refractivity contribution >= 4 is 50.7 Å². The second kappa shape index (κ2) is 15.5. The van der Waals surface area contributed by atoms with Gasteiger partial charge in [-0.3, -0.25) is 13.9 Å². The molecule has 248 valence electrons. The third-order valence-electron chi connectivity index (χ3n) is 7.98. The number of benzene rings is 3. The van der Waals surface area contributed by atoms with Crippen LogP contribution in [0.2, 0.25) is 10.0 Å². The molecular formula is C33H36Cl2F3N3O4S. The Morgan fingerprint density at radius 1 is 0.957 bits per heavy atom. The van der Waals surface area contributed by atoms with Crippen LogP contribution in [0, 0.1) is 0 Å². The van der Waals surface area contributed by atoms with Crippen LogP contribution >= 0.6 is 23.2 Å². The molecule has 1 N–H and O–H groups in total. The first kappa shape index (κ1) is 35.6. The molecule has 0 spiro atoms. The van der Waals surface area contributed by atoms with Gasteiger partial charge in [0.1, 0.15) is 6.04 Å². The summed E-state index contributed by atoms with van der Waals surface area (Å²) in [6.45, 7) is -0.347. The van der Waals surface area contributed by atoms with E-state index in [4.69, 9.17) is 23.2 Å². The maximum atomic E-state index is 14.0. The SMILES string of the molecule is CS(=O)(=O)N(CCCC(=O)N(Cc1c(Cl)cccc1Cl)C(Cc1ccccc1)C(=O)NC1CCCC1)c1cccc(C(F)(F)F)c1. The summed E-state index contributed by atoms with van der Waals surface area (Å²) in [5, 5.41) is 3.73. The van der Waals surface area contributed by atoms with Gasteiger partial charge in [0, 0.05) is 47.6 Å². The van der Waals surface area contributed by atoms with Crippen molar-refractivity contribution in [3.63, 3.8) is 0 Å². The summed E-state index contributed by atoms with van der Waals surface area (Å²) >= 11 is 13.0. The molecule has 46 heavy (non-hydrogen) atoms. The summed E-state index contributed by atoms with van der Waals surface area (Å²) in [5.41, 5.74) is 0.120. The van der Waals surface area contributed by atoms with Crippen molar-refractivity contribution < 1.29 is 31.2 Å². The molecule has 13 heteroatoms. The molecule has 7 nitrogen and oxygen atoms in total. The van der Waals surface area contributed by atoms with E-state index in [1.165, 1.54) is 11.0 Å². The van der Waals surface area contributed by atoms with Crippen molar-refractivity contribution in [1.29, 1.82) is 0 Å². The molecule has 0 aromatic heterocycles. The van der Waals surface area contributed by atoms with Crippen LogP contribution in [0.3, 0.4) is 0 Å². The monoisotopic (exact) mass is 697 g/mol. The fourth-order valence-corrected chi connectivity index (χ4v) is 7.09. The zero-order valence-corrected chi connectivity index (χ0v) is 27.6. The summed E-state index contributed by atoms with van der Waals surface area (Å²) in [6.07, 6.45) is -0.134. The lowest BCUT2D eigenvalue weighted by molar-refractivity contribution is -0.141. The lowest BCUT2D eigenvalue weighted by Gasteiger charge is -2.33. The average molecular weight is 699 g/mol. The van der Waals surface area contributed by atoms with Crippen LogP contribution in [-0.4, -0.2) is 50.0 Å². The Bertz CT molecular complexity index is 1600. The van der Waals surface area contributed by atoms with E-state index in [9.17, 15) is 31.2 Å². The molecule has 0 heterocycles. The molecule has 1 aliphatic rings. The minimum atomic E-state index is -4.66. The number of alkyl halides is 3. The normalized spacial score (nSPS) is 14.6. The van der Waals surface area contributed by atoms with Gasteiger partial charge >= 0.3 is 6.18 Å². The van der Waals surface area contributed by atoms with Crippen LogP contribution in [0.25, 0.3) is 0 Å². The molecule has 1 unspecified atom stereocenters. The third-order valence-corrected chi connectivity index (χ3v) is 9.88. The maximum Gasteiger partial charge on any atom is 0.416 e. The van der Waals surface area contributed by atoms with Gasteiger partial charge in [0.25, 0.3) is 0 Å². The van der Waals surface area contributed by atoms with Gasteiger partial charge in [0.15, 0.2) is 0 Å². The zero-order valence-electron chi connectivity index (χ0n) is 25.3. The molecule has 0 aliphatic heterocycles. The number of hydrogen-bond donors (Lipinski definition) is 1. The number of sulfonamides is 1. The highest BCUT2D eigenvalue weighted by atomic mass is 35.5. The van der Waals surface area contributed by atoms with Crippen molar-refractivity contribution in [1.82, 2.24) is 10.2 Å². The number of nitrogens with zero attached hydrogens (tertiary/aromatic N) is 2. The van der Waals surface area contributed by atoms with Gasteiger partial charge in [-0.15, -0.1) is 0 Å². The number of anilines is 1. The fraction of sp³-hybridized carbons (Fsp3) is 0.394. The summed E-state index contributed by atoms with van der Waals surface area (Å²) in [5.74, 6) is -0.787. The highest BCUT2D eigenvalue weighted by Crippen LogP contribution is 2.33. The molecule has 1 atom stereocenters. The van der Waals surface area contributed by atoms with E-state index in [1.807, 2.05) is 30.3 Å². The summed E-state index contributed by atoms with van der Waals surface area (Å²) in [4.78, 5) is 29.3. The zero-order chi connectivity index (χ0) is 33.5. The van der Waals surface area contributed by atoms with Crippen molar-refractivity contribution in [3.8, 4) is 0 Å². The molecule has 1 saturated carbocycles. The van der Waals surface area contributed by atoms with Gasteiger partial charge in [-0.05, 0) is 55.2 Å². The molecule has 1 fully saturated rings. The van der Waals surface area contributed by atoms with Crippen LogP contribution < -0.4 is 9.62 Å². The predicted molar refractivity (Wildman–Crippen MR) is 174 cm³/mol. The summed E-state index contributed by atoms with van der Waals surface area (Å²) in [6, 6.07) is 17.2. The van der Waals surface area contributed by atoms with Crippen molar-refractivity contribution in [3.05, 3.63) is 99.5 Å².